The van der Waals surface area contributed by atoms with E-state index in [1.165, 1.54) is 6.07 Å². The number of hydrogen-bond donors (Lipinski definition) is 2. The van der Waals surface area contributed by atoms with E-state index in [1.807, 2.05) is 18.4 Å². The molecule has 0 fully saturated rings. The van der Waals surface area contributed by atoms with Crippen molar-refractivity contribution in [1.29, 1.82) is 0 Å². The van der Waals surface area contributed by atoms with Crippen LogP contribution in [0.2, 0.25) is 0 Å². The fourth-order valence-corrected chi connectivity index (χ4v) is 2.06. The Morgan fingerprint density at radius 3 is 2.45 bits per heavy atom. The molecule has 0 saturated heterocycles. The predicted molar refractivity (Wildman–Crippen MR) is 76.1 cm³/mol. The number of carboxylic acid groups (broad SMARTS) is 1. The summed E-state index contributed by atoms with van der Waals surface area (Å²) in [4.78, 5) is 12.2. The van der Waals surface area contributed by atoms with Crippen molar-refractivity contribution in [2.45, 2.75) is 4.90 Å². The normalized spacial score (nSPS) is 10.3. The summed E-state index contributed by atoms with van der Waals surface area (Å²) in [5.41, 5.74) is 4.63. The third-order valence-corrected chi connectivity index (χ3v) is 3.40. The minimum absolute atomic E-state index is 0.00769. The Morgan fingerprint density at radius 2 is 1.90 bits per heavy atom. The van der Waals surface area contributed by atoms with Gasteiger partial charge in [-0.2, -0.15) is 0 Å². The van der Waals surface area contributed by atoms with Gasteiger partial charge in [0.2, 0.25) is 0 Å². The van der Waals surface area contributed by atoms with Crippen molar-refractivity contribution in [1.82, 2.24) is 0 Å². The molecule has 3 N–H and O–H groups in total. The second-order valence-corrected chi connectivity index (χ2v) is 4.80. The van der Waals surface area contributed by atoms with E-state index in [4.69, 9.17) is 15.6 Å². The monoisotopic (exact) mass is 293 g/mol. The molecule has 0 spiro atoms. The van der Waals surface area contributed by atoms with Gasteiger partial charge in [-0.1, -0.05) is 0 Å². The van der Waals surface area contributed by atoms with E-state index in [1.54, 1.807) is 23.9 Å². The van der Waals surface area contributed by atoms with Gasteiger partial charge in [0.1, 0.15) is 22.9 Å². The summed E-state index contributed by atoms with van der Waals surface area (Å²) in [7, 11) is 0. The molecule has 20 heavy (non-hydrogen) atoms. The molecular formula is C14H12FNO3S. The number of carbonyl (C=O) groups is 1. The molecule has 0 radical (unpaired) electrons. The van der Waals surface area contributed by atoms with Gasteiger partial charge >= 0.3 is 5.97 Å². The van der Waals surface area contributed by atoms with Crippen molar-refractivity contribution in [3.8, 4) is 11.5 Å². The number of anilines is 1. The zero-order valence-corrected chi connectivity index (χ0v) is 11.4. The number of benzene rings is 2. The molecule has 0 aliphatic heterocycles. The first-order valence-corrected chi connectivity index (χ1v) is 6.88. The van der Waals surface area contributed by atoms with Crippen LogP contribution in [0.4, 0.5) is 10.1 Å². The lowest BCUT2D eigenvalue weighted by Gasteiger charge is -2.11. The Balaban J connectivity index is 2.37. The van der Waals surface area contributed by atoms with Crippen LogP contribution in [0.5, 0.6) is 11.5 Å². The van der Waals surface area contributed by atoms with E-state index in [2.05, 4.69) is 0 Å². The molecule has 0 bridgehead atoms. The largest absolute Gasteiger partial charge is 0.477 e. The number of halogens is 1. The molecule has 0 atom stereocenters. The van der Waals surface area contributed by atoms with Crippen molar-refractivity contribution < 1.29 is 19.0 Å². The Kier molecular flexibility index (Phi) is 4.14. The lowest BCUT2D eigenvalue weighted by atomic mass is 10.1. The molecule has 0 heterocycles. The van der Waals surface area contributed by atoms with Gasteiger partial charge in [-0.05, 0) is 42.7 Å². The SMILES string of the molecule is CSc1ccc(Oc2ccc(F)c(N)c2C(=O)O)cc1. The predicted octanol–water partition coefficient (Wildman–Crippen LogP) is 3.62. The van der Waals surface area contributed by atoms with Crippen LogP contribution in [0.3, 0.4) is 0 Å². The Labute approximate surface area is 119 Å². The fourth-order valence-electron chi connectivity index (χ4n) is 1.65. The topological polar surface area (TPSA) is 72.5 Å². The van der Waals surface area contributed by atoms with Crippen LogP contribution in [-0.4, -0.2) is 17.3 Å². The number of rotatable bonds is 4. The maximum Gasteiger partial charge on any atom is 0.341 e. The van der Waals surface area contributed by atoms with Crippen molar-refractivity contribution in [3.05, 3.63) is 47.8 Å². The van der Waals surface area contributed by atoms with Crippen LogP contribution >= 0.6 is 11.8 Å². The lowest BCUT2D eigenvalue weighted by Crippen LogP contribution is -2.07. The van der Waals surface area contributed by atoms with Gasteiger partial charge in [-0.25, -0.2) is 9.18 Å². The van der Waals surface area contributed by atoms with Crippen molar-refractivity contribution in [2.75, 3.05) is 12.0 Å². The highest BCUT2D eigenvalue weighted by molar-refractivity contribution is 7.98. The van der Waals surface area contributed by atoms with Crippen LogP contribution < -0.4 is 10.5 Å². The maximum atomic E-state index is 13.3. The Bertz CT molecular complexity index is 644. The minimum atomic E-state index is -1.34. The Hall–Kier alpha value is -2.21. The molecule has 0 amide bonds. The second kappa shape index (κ2) is 5.83. The first-order valence-electron chi connectivity index (χ1n) is 5.66. The average Bonchev–Trinajstić information content (AvgIpc) is 2.43. The molecule has 6 heteroatoms. The summed E-state index contributed by atoms with van der Waals surface area (Å²) in [5, 5.41) is 9.10. The van der Waals surface area contributed by atoms with Gasteiger partial charge in [0, 0.05) is 4.90 Å². The molecule has 0 saturated carbocycles. The summed E-state index contributed by atoms with van der Waals surface area (Å²) in [6, 6.07) is 9.42. The number of ether oxygens (including phenoxy) is 1. The number of carboxylic acids is 1. The summed E-state index contributed by atoms with van der Waals surface area (Å²) in [6.07, 6.45) is 1.94. The number of nitrogen functional groups attached to an aromatic ring is 1. The molecule has 2 aromatic rings. The average molecular weight is 293 g/mol. The molecule has 2 aromatic carbocycles. The van der Waals surface area contributed by atoms with E-state index >= 15 is 0 Å². The van der Waals surface area contributed by atoms with E-state index in [-0.39, 0.29) is 11.3 Å². The van der Waals surface area contributed by atoms with Gasteiger partial charge in [0.25, 0.3) is 0 Å². The molecule has 0 aliphatic rings. The molecular weight excluding hydrogens is 281 g/mol. The number of thioether (sulfide) groups is 1. The highest BCUT2D eigenvalue weighted by Crippen LogP contribution is 2.31. The van der Waals surface area contributed by atoms with Crippen molar-refractivity contribution in [2.24, 2.45) is 0 Å². The van der Waals surface area contributed by atoms with Crippen LogP contribution in [0.15, 0.2) is 41.3 Å². The smallest absolute Gasteiger partial charge is 0.341 e. The van der Waals surface area contributed by atoms with Crippen LogP contribution in [0.1, 0.15) is 10.4 Å². The van der Waals surface area contributed by atoms with Gasteiger partial charge in [-0.15, -0.1) is 11.8 Å². The molecule has 2 rings (SSSR count). The third kappa shape index (κ3) is 2.85. The van der Waals surface area contributed by atoms with Crippen LogP contribution in [0.25, 0.3) is 0 Å². The van der Waals surface area contributed by atoms with E-state index in [0.717, 1.165) is 11.0 Å². The maximum absolute atomic E-state index is 13.3. The standard InChI is InChI=1S/C14H12FNO3S/c1-20-9-4-2-8(3-5-9)19-11-7-6-10(15)13(16)12(11)14(17)18/h2-7H,16H2,1H3,(H,17,18). The van der Waals surface area contributed by atoms with Gasteiger partial charge in [0.05, 0.1) is 5.69 Å². The number of aromatic carboxylic acids is 1. The highest BCUT2D eigenvalue weighted by Gasteiger charge is 2.19. The minimum Gasteiger partial charge on any atom is -0.477 e. The van der Waals surface area contributed by atoms with Gasteiger partial charge in [-0.3, -0.25) is 0 Å². The van der Waals surface area contributed by atoms with E-state index in [0.29, 0.717) is 5.75 Å². The fraction of sp³-hybridized carbons (Fsp3) is 0.0714. The summed E-state index contributed by atoms with van der Waals surface area (Å²) in [6.45, 7) is 0. The van der Waals surface area contributed by atoms with Gasteiger partial charge < -0.3 is 15.6 Å². The first kappa shape index (κ1) is 14.2. The number of hydrogen-bond acceptors (Lipinski definition) is 4. The first-order chi connectivity index (χ1) is 9.52. The summed E-state index contributed by atoms with van der Waals surface area (Å²) < 4.78 is 18.8. The molecule has 0 aromatic heterocycles. The zero-order valence-electron chi connectivity index (χ0n) is 10.6. The van der Waals surface area contributed by atoms with Gasteiger partial charge in [0.15, 0.2) is 0 Å². The molecule has 104 valence electrons. The zero-order chi connectivity index (χ0) is 14.7. The highest BCUT2D eigenvalue weighted by atomic mass is 32.2. The third-order valence-electron chi connectivity index (χ3n) is 2.66. The Morgan fingerprint density at radius 1 is 1.25 bits per heavy atom. The van der Waals surface area contributed by atoms with Crippen molar-refractivity contribution in [3.63, 3.8) is 0 Å². The van der Waals surface area contributed by atoms with E-state index in [9.17, 15) is 9.18 Å². The summed E-state index contributed by atoms with van der Waals surface area (Å²) >= 11 is 1.58. The van der Waals surface area contributed by atoms with Crippen LogP contribution in [-0.2, 0) is 0 Å². The molecule has 4 nitrogen and oxygen atoms in total. The lowest BCUT2D eigenvalue weighted by molar-refractivity contribution is 0.0695. The molecule has 0 unspecified atom stereocenters. The molecule has 0 aliphatic carbocycles. The quantitative estimate of drug-likeness (QED) is 0.665. The van der Waals surface area contributed by atoms with Crippen molar-refractivity contribution >= 4 is 23.4 Å². The second-order valence-electron chi connectivity index (χ2n) is 3.92. The number of nitrogens with two attached hydrogens (primary N) is 1. The summed E-state index contributed by atoms with van der Waals surface area (Å²) in [5.74, 6) is -1.66. The van der Waals surface area contributed by atoms with E-state index < -0.39 is 17.5 Å². The van der Waals surface area contributed by atoms with Crippen LogP contribution in [0, 0.1) is 5.82 Å².